The number of carbonyl (C=O) groups is 2. The third-order valence-electron chi connectivity index (χ3n) is 6.89. The topological polar surface area (TPSA) is 73.8 Å². The lowest BCUT2D eigenvalue weighted by atomic mass is 9.85. The molecular weight excluding hydrogens is 503 g/mol. The van der Waals surface area contributed by atoms with E-state index in [1.165, 1.54) is 10.5 Å². The Hall–Kier alpha value is -1.90. The summed E-state index contributed by atoms with van der Waals surface area (Å²) in [5.74, 6) is 1.15. The Morgan fingerprint density at radius 2 is 1.68 bits per heavy atom. The van der Waals surface area contributed by atoms with E-state index in [0.717, 1.165) is 18.9 Å². The quantitative estimate of drug-likeness (QED) is 0.140. The molecule has 2 amide bonds. The molecule has 1 saturated carbocycles. The van der Waals surface area contributed by atoms with Crippen LogP contribution in [0.4, 0.5) is 0 Å². The van der Waals surface area contributed by atoms with Gasteiger partial charge in [-0.25, -0.2) is 0 Å². The number of carbonyl (C=O) groups excluding carboxylic acids is 2. The molecule has 2 bridgehead atoms. The summed E-state index contributed by atoms with van der Waals surface area (Å²) >= 11 is 0. The number of imide groups is 1. The van der Waals surface area contributed by atoms with E-state index < -0.39 is 0 Å². The van der Waals surface area contributed by atoms with Gasteiger partial charge in [-0.3, -0.25) is 19.5 Å². The standard InChI is InChI=1S/C24H32N4O2.HI/c1-24(2,18-8-5-4-6-9-18)15-27-23(25-3)26-12-7-13-28-21(29)19-16-10-11-17(14-16)20(19)22(28)30;/h4-6,8-11,16-17,19-20H,7,12-15H2,1-3H3,(H2,25,26,27);1H. The van der Waals surface area contributed by atoms with Crippen molar-refractivity contribution in [3.8, 4) is 0 Å². The molecule has 0 aromatic heterocycles. The van der Waals surface area contributed by atoms with E-state index in [1.807, 2.05) is 6.07 Å². The first-order valence-electron chi connectivity index (χ1n) is 11.0. The number of nitrogens with one attached hydrogen (secondary N) is 2. The molecule has 4 atom stereocenters. The van der Waals surface area contributed by atoms with E-state index in [2.05, 4.69) is 65.9 Å². The van der Waals surface area contributed by atoms with E-state index in [1.54, 1.807) is 7.05 Å². The van der Waals surface area contributed by atoms with Crippen LogP contribution in [0.2, 0.25) is 0 Å². The summed E-state index contributed by atoms with van der Waals surface area (Å²) in [4.78, 5) is 31.3. The van der Waals surface area contributed by atoms with Crippen LogP contribution in [0.5, 0.6) is 0 Å². The summed E-state index contributed by atoms with van der Waals surface area (Å²) in [7, 11) is 1.75. The van der Waals surface area contributed by atoms with Crippen LogP contribution in [0.3, 0.4) is 0 Å². The molecule has 2 fully saturated rings. The lowest BCUT2D eigenvalue weighted by molar-refractivity contribution is -0.140. The van der Waals surface area contributed by atoms with Crippen molar-refractivity contribution >= 4 is 41.8 Å². The van der Waals surface area contributed by atoms with Gasteiger partial charge in [-0.2, -0.15) is 0 Å². The molecule has 1 aromatic carbocycles. The van der Waals surface area contributed by atoms with Gasteiger partial charge in [0.25, 0.3) is 0 Å². The summed E-state index contributed by atoms with van der Waals surface area (Å²) in [6.07, 6.45) is 5.95. The van der Waals surface area contributed by atoms with E-state index in [0.29, 0.717) is 19.5 Å². The molecule has 4 unspecified atom stereocenters. The van der Waals surface area contributed by atoms with Gasteiger partial charge in [-0.15, -0.1) is 24.0 Å². The molecule has 7 heteroatoms. The average molecular weight is 536 g/mol. The summed E-state index contributed by atoms with van der Waals surface area (Å²) < 4.78 is 0. The highest BCUT2D eigenvalue weighted by atomic mass is 127. The Balaban J connectivity index is 0.00000272. The zero-order valence-corrected chi connectivity index (χ0v) is 20.8. The van der Waals surface area contributed by atoms with Crippen LogP contribution >= 0.6 is 24.0 Å². The number of aliphatic imine (C=N–C) groups is 1. The second-order valence-electron chi connectivity index (χ2n) is 9.28. The van der Waals surface area contributed by atoms with Crippen molar-refractivity contribution in [2.75, 3.05) is 26.7 Å². The number of likely N-dealkylation sites (tertiary alicyclic amines) is 1. The third kappa shape index (κ3) is 4.66. The van der Waals surface area contributed by atoms with Crippen molar-refractivity contribution in [1.29, 1.82) is 0 Å². The second-order valence-corrected chi connectivity index (χ2v) is 9.28. The summed E-state index contributed by atoms with van der Waals surface area (Å²) in [5.41, 5.74) is 1.24. The molecule has 2 aliphatic carbocycles. The minimum absolute atomic E-state index is 0. The zero-order chi connectivity index (χ0) is 21.3. The van der Waals surface area contributed by atoms with Crippen molar-refractivity contribution in [3.63, 3.8) is 0 Å². The molecule has 1 heterocycles. The number of guanidine groups is 1. The van der Waals surface area contributed by atoms with E-state index >= 15 is 0 Å². The van der Waals surface area contributed by atoms with Crippen LogP contribution in [0.1, 0.15) is 32.3 Å². The van der Waals surface area contributed by atoms with Crippen molar-refractivity contribution < 1.29 is 9.59 Å². The average Bonchev–Trinajstić information content (AvgIpc) is 3.43. The molecule has 31 heavy (non-hydrogen) atoms. The fourth-order valence-corrected chi connectivity index (χ4v) is 5.15. The normalized spacial score (nSPS) is 26.8. The maximum atomic E-state index is 12.7. The monoisotopic (exact) mass is 536 g/mol. The number of nitrogens with zero attached hydrogens (tertiary/aromatic N) is 2. The van der Waals surface area contributed by atoms with E-state index in [-0.39, 0.29) is 64.9 Å². The minimum atomic E-state index is -0.102. The van der Waals surface area contributed by atoms with Gasteiger partial charge in [0, 0.05) is 32.1 Å². The van der Waals surface area contributed by atoms with Crippen molar-refractivity contribution in [3.05, 3.63) is 48.0 Å². The molecule has 0 spiro atoms. The maximum absolute atomic E-state index is 12.7. The number of halogens is 1. The number of rotatable bonds is 7. The lowest BCUT2D eigenvalue weighted by Gasteiger charge is -2.27. The molecular formula is C24H33IN4O2. The van der Waals surface area contributed by atoms with Crippen molar-refractivity contribution in [1.82, 2.24) is 15.5 Å². The number of benzene rings is 1. The van der Waals surface area contributed by atoms with Gasteiger partial charge in [-0.05, 0) is 30.2 Å². The van der Waals surface area contributed by atoms with Gasteiger partial charge in [0.15, 0.2) is 5.96 Å². The highest BCUT2D eigenvalue weighted by Crippen LogP contribution is 2.52. The number of hydrogen-bond donors (Lipinski definition) is 2. The SMILES string of the molecule is CN=C(NCCCN1C(=O)C2C3C=CC(C3)C2C1=O)NCC(C)(C)c1ccccc1.I. The Labute approximate surface area is 202 Å². The summed E-state index contributed by atoms with van der Waals surface area (Å²) in [6.45, 7) is 6.28. The third-order valence-corrected chi connectivity index (χ3v) is 6.89. The Morgan fingerprint density at radius 1 is 1.06 bits per heavy atom. The number of amides is 2. The molecule has 4 rings (SSSR count). The molecule has 6 nitrogen and oxygen atoms in total. The Kier molecular flexibility index (Phi) is 7.44. The number of fused-ring (bicyclic) bond motifs is 5. The predicted octanol–water partition coefficient (Wildman–Crippen LogP) is 2.94. The Morgan fingerprint density at radius 3 is 2.26 bits per heavy atom. The van der Waals surface area contributed by atoms with Gasteiger partial charge in [0.05, 0.1) is 11.8 Å². The predicted molar refractivity (Wildman–Crippen MR) is 133 cm³/mol. The fourth-order valence-electron chi connectivity index (χ4n) is 5.15. The van der Waals surface area contributed by atoms with Crippen LogP contribution in [0.25, 0.3) is 0 Å². The maximum Gasteiger partial charge on any atom is 0.233 e. The molecule has 3 aliphatic rings. The smallest absolute Gasteiger partial charge is 0.233 e. The van der Waals surface area contributed by atoms with E-state index in [4.69, 9.17) is 0 Å². The van der Waals surface area contributed by atoms with E-state index in [9.17, 15) is 9.59 Å². The number of hydrogen-bond acceptors (Lipinski definition) is 3. The fraction of sp³-hybridized carbons (Fsp3) is 0.542. The summed E-state index contributed by atoms with van der Waals surface area (Å²) in [6, 6.07) is 10.4. The largest absolute Gasteiger partial charge is 0.356 e. The number of allylic oxidation sites excluding steroid dienone is 2. The van der Waals surface area contributed by atoms with Crippen LogP contribution in [0, 0.1) is 23.7 Å². The first-order valence-corrected chi connectivity index (χ1v) is 11.0. The molecule has 1 saturated heterocycles. The van der Waals surface area contributed by atoms with Crippen LogP contribution in [0.15, 0.2) is 47.5 Å². The second kappa shape index (κ2) is 9.71. The molecule has 1 aliphatic heterocycles. The lowest BCUT2D eigenvalue weighted by Crippen LogP contribution is -2.44. The van der Waals surface area contributed by atoms with Gasteiger partial charge >= 0.3 is 0 Å². The van der Waals surface area contributed by atoms with Crippen molar-refractivity contribution in [2.45, 2.75) is 32.1 Å². The van der Waals surface area contributed by atoms with Gasteiger partial charge < -0.3 is 10.6 Å². The van der Waals surface area contributed by atoms with Gasteiger partial charge in [0.2, 0.25) is 11.8 Å². The Bertz CT molecular complexity index is 838. The molecule has 168 valence electrons. The molecule has 1 aromatic rings. The summed E-state index contributed by atoms with van der Waals surface area (Å²) in [5, 5.41) is 6.69. The highest BCUT2D eigenvalue weighted by molar-refractivity contribution is 14.0. The van der Waals surface area contributed by atoms with Gasteiger partial charge in [-0.1, -0.05) is 56.3 Å². The molecule has 2 N–H and O–H groups in total. The van der Waals surface area contributed by atoms with Crippen LogP contribution in [-0.2, 0) is 15.0 Å². The van der Waals surface area contributed by atoms with Crippen LogP contribution < -0.4 is 10.6 Å². The molecule has 0 radical (unpaired) electrons. The first-order chi connectivity index (χ1) is 14.4. The first kappa shape index (κ1) is 23.8. The van der Waals surface area contributed by atoms with Crippen molar-refractivity contribution in [2.24, 2.45) is 28.7 Å². The van der Waals surface area contributed by atoms with Crippen LogP contribution in [-0.4, -0.2) is 49.4 Å². The zero-order valence-electron chi connectivity index (χ0n) is 18.5. The van der Waals surface area contributed by atoms with Gasteiger partial charge in [0.1, 0.15) is 0 Å². The highest BCUT2D eigenvalue weighted by Gasteiger charge is 2.58. The minimum Gasteiger partial charge on any atom is -0.356 e.